The highest BCUT2D eigenvalue weighted by Gasteiger charge is 2.32. The third-order valence-corrected chi connectivity index (χ3v) is 7.46. The van der Waals surface area contributed by atoms with Crippen LogP contribution in [0.1, 0.15) is 29.2 Å². The molecule has 1 aliphatic heterocycles. The van der Waals surface area contributed by atoms with E-state index in [1.165, 1.54) is 13.2 Å². The fraction of sp³-hybridized carbons (Fsp3) is 0.208. The third-order valence-electron chi connectivity index (χ3n) is 5.73. The highest BCUT2D eigenvalue weighted by Crippen LogP contribution is 2.41. The molecule has 0 radical (unpaired) electrons. The summed E-state index contributed by atoms with van der Waals surface area (Å²) in [5, 5.41) is 13.8. The number of hydrazone groups is 1. The van der Waals surface area contributed by atoms with E-state index in [4.69, 9.17) is 49.8 Å². The van der Waals surface area contributed by atoms with E-state index in [1.54, 1.807) is 18.2 Å². The summed E-state index contributed by atoms with van der Waals surface area (Å²) in [5.41, 5.74) is 4.14. The first-order chi connectivity index (χ1) is 16.1. The number of anilines is 1. The molecule has 10 heteroatoms. The Morgan fingerprint density at radius 3 is 2.35 bits per heavy atom. The number of aryl methyl sites for hydroxylation is 1. The molecule has 2 N–H and O–H groups in total. The molecular weight excluding hydrogens is 517 g/mol. The zero-order valence-electron chi connectivity index (χ0n) is 18.4. The quantitative estimate of drug-likeness (QED) is 0.407. The van der Waals surface area contributed by atoms with Crippen LogP contribution in [0.5, 0.6) is 5.75 Å². The van der Waals surface area contributed by atoms with Gasteiger partial charge in [0.25, 0.3) is 0 Å². The summed E-state index contributed by atoms with van der Waals surface area (Å²) in [5.74, 6) is 0.233. The number of rotatable bonds is 6. The minimum Gasteiger partial charge on any atom is -0.495 e. The average molecular weight is 539 g/mol. The van der Waals surface area contributed by atoms with Crippen LogP contribution >= 0.6 is 34.8 Å². The van der Waals surface area contributed by atoms with Crippen molar-refractivity contribution >= 4 is 56.2 Å². The second-order valence-electron chi connectivity index (χ2n) is 7.99. The van der Waals surface area contributed by atoms with E-state index in [9.17, 15) is 8.42 Å². The number of hydrogen-bond acceptors (Lipinski definition) is 5. The monoisotopic (exact) mass is 537 g/mol. The standard InChI is InChI=1S/C24H22Cl3N3O3S/c1-14-3-10-23(34(28,31)32)24(33-2)19(14)12-18-13-22(15-4-6-16(25)7-5-15)30(29-18)21-9-8-17(26)11-20(21)27/h3-11,22H,12-13H2,1-2H3,(H2,28,31,32). The Bertz CT molecular complexity index is 1380. The Morgan fingerprint density at radius 2 is 1.74 bits per heavy atom. The van der Waals surface area contributed by atoms with E-state index in [0.717, 1.165) is 16.8 Å². The highest BCUT2D eigenvalue weighted by atomic mass is 35.5. The minimum absolute atomic E-state index is 0.0546. The fourth-order valence-electron chi connectivity index (χ4n) is 4.09. The van der Waals surface area contributed by atoms with Crippen LogP contribution in [0, 0.1) is 6.92 Å². The Hall–Kier alpha value is -2.29. The molecule has 1 heterocycles. The number of ether oxygens (including phenoxy) is 1. The van der Waals surface area contributed by atoms with Gasteiger partial charge in [0.2, 0.25) is 10.0 Å². The molecule has 0 bridgehead atoms. The number of benzene rings is 3. The Labute approximate surface area is 213 Å². The number of nitrogens with two attached hydrogens (primary N) is 1. The van der Waals surface area contributed by atoms with Gasteiger partial charge < -0.3 is 4.74 Å². The van der Waals surface area contributed by atoms with Gasteiger partial charge in [0.15, 0.2) is 0 Å². The summed E-state index contributed by atoms with van der Waals surface area (Å²) in [6, 6.07) is 15.9. The van der Waals surface area contributed by atoms with E-state index in [2.05, 4.69) is 0 Å². The van der Waals surface area contributed by atoms with Gasteiger partial charge in [-0.25, -0.2) is 13.6 Å². The van der Waals surface area contributed by atoms with Crippen molar-refractivity contribution in [1.29, 1.82) is 0 Å². The van der Waals surface area contributed by atoms with Crippen molar-refractivity contribution in [3.63, 3.8) is 0 Å². The lowest BCUT2D eigenvalue weighted by molar-refractivity contribution is 0.398. The van der Waals surface area contributed by atoms with E-state index in [-0.39, 0.29) is 16.7 Å². The molecular formula is C24H22Cl3N3O3S. The van der Waals surface area contributed by atoms with Crippen molar-refractivity contribution in [2.75, 3.05) is 12.1 Å². The van der Waals surface area contributed by atoms with E-state index in [0.29, 0.717) is 39.2 Å². The van der Waals surface area contributed by atoms with Crippen LogP contribution in [0.4, 0.5) is 5.69 Å². The minimum atomic E-state index is -3.96. The molecule has 0 aliphatic carbocycles. The molecule has 6 nitrogen and oxygen atoms in total. The van der Waals surface area contributed by atoms with Crippen LogP contribution in [0.15, 0.2) is 64.6 Å². The summed E-state index contributed by atoms with van der Waals surface area (Å²) >= 11 is 18.7. The normalized spacial score (nSPS) is 16.0. The molecule has 0 aromatic heterocycles. The Balaban J connectivity index is 1.78. The van der Waals surface area contributed by atoms with Crippen LogP contribution in [0.3, 0.4) is 0 Å². The number of halogens is 3. The number of sulfonamides is 1. The molecule has 4 rings (SSSR count). The Morgan fingerprint density at radius 1 is 1.06 bits per heavy atom. The van der Waals surface area contributed by atoms with Gasteiger partial charge in [0.05, 0.1) is 23.9 Å². The first-order valence-electron chi connectivity index (χ1n) is 10.3. The van der Waals surface area contributed by atoms with Crippen LogP contribution in [0.2, 0.25) is 15.1 Å². The lowest BCUT2D eigenvalue weighted by atomic mass is 9.96. The zero-order valence-corrected chi connectivity index (χ0v) is 21.5. The molecule has 3 aromatic carbocycles. The van der Waals surface area contributed by atoms with Crippen molar-refractivity contribution < 1.29 is 13.2 Å². The molecule has 0 saturated heterocycles. The predicted molar refractivity (Wildman–Crippen MR) is 138 cm³/mol. The van der Waals surface area contributed by atoms with Gasteiger partial charge in [-0.05, 0) is 54.4 Å². The van der Waals surface area contributed by atoms with E-state index >= 15 is 0 Å². The predicted octanol–water partition coefficient (Wildman–Crippen LogP) is 6.16. The largest absolute Gasteiger partial charge is 0.495 e. The molecule has 1 aliphatic rings. The summed E-state index contributed by atoms with van der Waals surface area (Å²) in [4.78, 5) is -0.0546. The lowest BCUT2D eigenvalue weighted by Gasteiger charge is -2.25. The van der Waals surface area contributed by atoms with E-state index < -0.39 is 10.0 Å². The van der Waals surface area contributed by atoms with Crippen molar-refractivity contribution in [2.45, 2.75) is 30.7 Å². The van der Waals surface area contributed by atoms with Crippen molar-refractivity contribution in [3.05, 3.63) is 86.4 Å². The van der Waals surface area contributed by atoms with Crippen LogP contribution in [-0.4, -0.2) is 21.2 Å². The van der Waals surface area contributed by atoms with Crippen LogP contribution < -0.4 is 14.9 Å². The highest BCUT2D eigenvalue weighted by molar-refractivity contribution is 7.89. The molecule has 0 fully saturated rings. The van der Waals surface area contributed by atoms with Gasteiger partial charge in [-0.15, -0.1) is 0 Å². The fourth-order valence-corrected chi connectivity index (χ4v) is 5.43. The molecule has 1 unspecified atom stereocenters. The second kappa shape index (κ2) is 9.76. The van der Waals surface area contributed by atoms with E-state index in [1.807, 2.05) is 42.3 Å². The molecule has 0 saturated carbocycles. The number of methoxy groups -OCH3 is 1. The van der Waals surface area contributed by atoms with Gasteiger partial charge >= 0.3 is 0 Å². The van der Waals surface area contributed by atoms with Gasteiger partial charge in [-0.1, -0.05) is 53.0 Å². The topological polar surface area (TPSA) is 85.0 Å². The molecule has 0 amide bonds. The van der Waals surface area contributed by atoms with Gasteiger partial charge in [0.1, 0.15) is 10.6 Å². The summed E-state index contributed by atoms with van der Waals surface area (Å²) < 4.78 is 29.7. The smallest absolute Gasteiger partial charge is 0.241 e. The molecule has 34 heavy (non-hydrogen) atoms. The number of primary sulfonamides is 1. The SMILES string of the molecule is COc1c(S(N)(=O)=O)ccc(C)c1CC1=NN(c2ccc(Cl)cc2Cl)C(c2ccc(Cl)cc2)C1. The molecule has 178 valence electrons. The molecule has 1 atom stereocenters. The maximum Gasteiger partial charge on any atom is 0.241 e. The maximum absolute atomic E-state index is 12.1. The molecule has 0 spiro atoms. The first-order valence-corrected chi connectivity index (χ1v) is 13.0. The molecule has 3 aromatic rings. The number of nitrogens with zero attached hydrogens (tertiary/aromatic N) is 2. The number of hydrogen-bond donors (Lipinski definition) is 1. The lowest BCUT2D eigenvalue weighted by Crippen LogP contribution is -2.18. The summed E-state index contributed by atoms with van der Waals surface area (Å²) in [7, 11) is -2.53. The van der Waals surface area contributed by atoms with Crippen LogP contribution in [-0.2, 0) is 16.4 Å². The zero-order chi connectivity index (χ0) is 24.6. The summed E-state index contributed by atoms with van der Waals surface area (Å²) in [6.07, 6.45) is 0.965. The summed E-state index contributed by atoms with van der Waals surface area (Å²) in [6.45, 7) is 1.89. The average Bonchev–Trinajstić information content (AvgIpc) is 3.18. The van der Waals surface area contributed by atoms with Gasteiger partial charge in [-0.2, -0.15) is 5.10 Å². The third kappa shape index (κ3) is 5.04. The van der Waals surface area contributed by atoms with Crippen molar-refractivity contribution in [3.8, 4) is 5.75 Å². The van der Waals surface area contributed by atoms with Crippen molar-refractivity contribution in [2.24, 2.45) is 10.2 Å². The van der Waals surface area contributed by atoms with Crippen molar-refractivity contribution in [1.82, 2.24) is 0 Å². The van der Waals surface area contributed by atoms with Gasteiger partial charge in [-0.3, -0.25) is 5.01 Å². The maximum atomic E-state index is 12.1. The van der Waals surface area contributed by atoms with Crippen LogP contribution in [0.25, 0.3) is 0 Å². The first kappa shape index (κ1) is 24.8. The second-order valence-corrected chi connectivity index (χ2v) is 10.8. The Kier molecular flexibility index (Phi) is 7.12. The van der Waals surface area contributed by atoms with Gasteiger partial charge in [0, 0.05) is 34.2 Å².